The quantitative estimate of drug-likeness (QED) is 0.826. The van der Waals surface area contributed by atoms with E-state index in [2.05, 4.69) is 10.2 Å². The lowest BCUT2D eigenvalue weighted by atomic mass is 9.49. The first-order valence-corrected chi connectivity index (χ1v) is 8.21. The van der Waals surface area contributed by atoms with E-state index < -0.39 is 0 Å². The Morgan fingerprint density at radius 2 is 1.53 bits per heavy atom. The van der Waals surface area contributed by atoms with Gasteiger partial charge in [-0.3, -0.25) is 4.79 Å². The molecule has 5 aliphatic rings. The third-order valence-electron chi connectivity index (χ3n) is 6.16. The Bertz CT molecular complexity index is 338. The maximum atomic E-state index is 12.6. The Morgan fingerprint density at radius 3 is 2.05 bits per heavy atom. The lowest BCUT2D eigenvalue weighted by molar-refractivity contribution is -0.140. The minimum atomic E-state index is 0.413. The fraction of sp³-hybridized carbons (Fsp3) is 0.938. The van der Waals surface area contributed by atoms with Gasteiger partial charge in [0.2, 0.25) is 5.91 Å². The summed E-state index contributed by atoms with van der Waals surface area (Å²) in [4.78, 5) is 14.7. The Kier molecular flexibility index (Phi) is 2.87. The predicted molar refractivity (Wildman–Crippen MR) is 74.7 cm³/mol. The van der Waals surface area contributed by atoms with E-state index in [0.717, 1.165) is 50.4 Å². The molecule has 3 heteroatoms. The van der Waals surface area contributed by atoms with Gasteiger partial charge in [-0.05, 0) is 61.7 Å². The van der Waals surface area contributed by atoms with Crippen molar-refractivity contribution >= 4 is 5.91 Å². The van der Waals surface area contributed by atoms with Gasteiger partial charge in [0, 0.05) is 32.6 Å². The topological polar surface area (TPSA) is 32.3 Å². The summed E-state index contributed by atoms with van der Waals surface area (Å²) >= 11 is 0. The monoisotopic (exact) mass is 262 g/mol. The van der Waals surface area contributed by atoms with Crippen molar-refractivity contribution in [3.05, 3.63) is 0 Å². The molecular weight excluding hydrogens is 236 g/mol. The van der Waals surface area contributed by atoms with Gasteiger partial charge in [-0.2, -0.15) is 0 Å². The molecule has 1 saturated heterocycles. The van der Waals surface area contributed by atoms with E-state index in [0.29, 0.717) is 11.3 Å². The van der Waals surface area contributed by atoms with Crippen LogP contribution in [0.4, 0.5) is 0 Å². The van der Waals surface area contributed by atoms with Gasteiger partial charge in [-0.15, -0.1) is 0 Å². The van der Waals surface area contributed by atoms with Gasteiger partial charge in [0.25, 0.3) is 0 Å². The number of amides is 1. The molecule has 0 aromatic rings. The van der Waals surface area contributed by atoms with Gasteiger partial charge < -0.3 is 10.2 Å². The number of hydrogen-bond acceptors (Lipinski definition) is 2. The molecule has 4 aliphatic carbocycles. The van der Waals surface area contributed by atoms with Crippen LogP contribution < -0.4 is 5.32 Å². The first-order chi connectivity index (χ1) is 9.22. The molecule has 1 heterocycles. The molecule has 4 saturated carbocycles. The van der Waals surface area contributed by atoms with Crippen molar-refractivity contribution in [1.29, 1.82) is 0 Å². The summed E-state index contributed by atoms with van der Waals surface area (Å²) in [6.07, 6.45) is 9.35. The molecule has 5 fully saturated rings. The van der Waals surface area contributed by atoms with Crippen LogP contribution in [0, 0.1) is 23.2 Å². The summed E-state index contributed by atoms with van der Waals surface area (Å²) in [5.41, 5.74) is 0.413. The van der Waals surface area contributed by atoms with Crippen molar-refractivity contribution in [2.45, 2.75) is 44.9 Å². The molecule has 0 atom stereocenters. The lowest BCUT2D eigenvalue weighted by Crippen LogP contribution is -2.51. The Morgan fingerprint density at radius 1 is 1.00 bits per heavy atom. The number of piperazine rings is 1. The number of nitrogens with one attached hydrogen (secondary N) is 1. The Hall–Kier alpha value is -0.570. The Balaban J connectivity index is 1.45. The standard InChI is InChI=1S/C16H26N2O/c19-15(18-3-1-17-2-4-18)11-16-8-12-5-13(9-16)7-14(6-12)10-16/h12-14,17H,1-11H2. The van der Waals surface area contributed by atoms with Gasteiger partial charge >= 0.3 is 0 Å². The second kappa shape index (κ2) is 4.47. The molecule has 5 rings (SSSR count). The predicted octanol–water partition coefficient (Wildman–Crippen LogP) is 2.02. The van der Waals surface area contributed by atoms with E-state index in [-0.39, 0.29) is 0 Å². The van der Waals surface area contributed by atoms with E-state index in [9.17, 15) is 4.79 Å². The van der Waals surface area contributed by atoms with E-state index in [1.54, 1.807) is 0 Å². The third-order valence-corrected chi connectivity index (χ3v) is 6.16. The molecule has 0 aromatic heterocycles. The third kappa shape index (κ3) is 2.20. The van der Waals surface area contributed by atoms with Crippen molar-refractivity contribution < 1.29 is 4.79 Å². The molecule has 1 amide bonds. The molecule has 4 bridgehead atoms. The van der Waals surface area contributed by atoms with Crippen molar-refractivity contribution in [2.24, 2.45) is 23.2 Å². The van der Waals surface area contributed by atoms with Crippen molar-refractivity contribution in [3.8, 4) is 0 Å². The van der Waals surface area contributed by atoms with Crippen LogP contribution in [-0.2, 0) is 4.79 Å². The van der Waals surface area contributed by atoms with E-state index in [1.807, 2.05) is 0 Å². The summed E-state index contributed by atoms with van der Waals surface area (Å²) in [5.74, 6) is 3.33. The number of hydrogen-bond donors (Lipinski definition) is 1. The van der Waals surface area contributed by atoms with Crippen molar-refractivity contribution in [3.63, 3.8) is 0 Å². The van der Waals surface area contributed by atoms with Crippen LogP contribution in [0.3, 0.4) is 0 Å². The van der Waals surface area contributed by atoms with Crippen LogP contribution in [-0.4, -0.2) is 37.0 Å². The summed E-state index contributed by atoms with van der Waals surface area (Å²) in [5, 5.41) is 3.34. The minimum Gasteiger partial charge on any atom is -0.340 e. The van der Waals surface area contributed by atoms with E-state index in [4.69, 9.17) is 0 Å². The molecule has 0 aromatic carbocycles. The van der Waals surface area contributed by atoms with Gasteiger partial charge in [0.1, 0.15) is 0 Å². The zero-order valence-corrected chi connectivity index (χ0v) is 11.9. The number of nitrogens with zero attached hydrogens (tertiary/aromatic N) is 1. The van der Waals surface area contributed by atoms with Crippen LogP contribution in [0.5, 0.6) is 0 Å². The second-order valence-electron chi connectivity index (χ2n) is 7.73. The highest BCUT2D eigenvalue weighted by Gasteiger charge is 2.51. The highest BCUT2D eigenvalue weighted by molar-refractivity contribution is 5.77. The smallest absolute Gasteiger partial charge is 0.223 e. The number of carbonyl (C=O) groups excluding carboxylic acids is 1. The minimum absolute atomic E-state index is 0.413. The molecular formula is C16H26N2O. The zero-order chi connectivity index (χ0) is 12.9. The molecule has 1 aliphatic heterocycles. The average molecular weight is 262 g/mol. The molecule has 3 nitrogen and oxygen atoms in total. The van der Waals surface area contributed by atoms with Gasteiger partial charge in [0.05, 0.1) is 0 Å². The number of carbonyl (C=O) groups is 1. The van der Waals surface area contributed by atoms with Gasteiger partial charge in [-0.1, -0.05) is 0 Å². The fourth-order valence-corrected chi connectivity index (χ4v) is 5.85. The van der Waals surface area contributed by atoms with Crippen LogP contribution in [0.2, 0.25) is 0 Å². The maximum Gasteiger partial charge on any atom is 0.223 e. The highest BCUT2D eigenvalue weighted by atomic mass is 16.2. The fourth-order valence-electron chi connectivity index (χ4n) is 5.85. The summed E-state index contributed by atoms with van der Waals surface area (Å²) in [6, 6.07) is 0. The molecule has 19 heavy (non-hydrogen) atoms. The first kappa shape index (κ1) is 12.2. The van der Waals surface area contributed by atoms with Crippen LogP contribution in [0.1, 0.15) is 44.9 Å². The number of rotatable bonds is 2. The molecule has 0 unspecified atom stereocenters. The highest BCUT2D eigenvalue weighted by Crippen LogP contribution is 2.61. The lowest BCUT2D eigenvalue weighted by Gasteiger charge is -2.57. The van der Waals surface area contributed by atoms with Crippen molar-refractivity contribution in [2.75, 3.05) is 26.2 Å². The SMILES string of the molecule is O=C(CC12CC3CC(CC(C3)C1)C2)N1CCNCC1. The molecule has 0 radical (unpaired) electrons. The van der Waals surface area contributed by atoms with Crippen LogP contribution in [0.15, 0.2) is 0 Å². The Labute approximate surface area is 116 Å². The normalized spacial score (nSPS) is 44.6. The summed E-state index contributed by atoms with van der Waals surface area (Å²) in [6.45, 7) is 3.80. The summed E-state index contributed by atoms with van der Waals surface area (Å²) in [7, 11) is 0. The first-order valence-electron chi connectivity index (χ1n) is 8.21. The molecule has 0 spiro atoms. The van der Waals surface area contributed by atoms with Crippen LogP contribution >= 0.6 is 0 Å². The van der Waals surface area contributed by atoms with E-state index >= 15 is 0 Å². The maximum absolute atomic E-state index is 12.6. The van der Waals surface area contributed by atoms with Crippen molar-refractivity contribution in [1.82, 2.24) is 10.2 Å². The second-order valence-corrected chi connectivity index (χ2v) is 7.73. The van der Waals surface area contributed by atoms with Crippen LogP contribution in [0.25, 0.3) is 0 Å². The zero-order valence-electron chi connectivity index (χ0n) is 11.9. The van der Waals surface area contributed by atoms with E-state index in [1.165, 1.54) is 38.5 Å². The molecule has 106 valence electrons. The van der Waals surface area contributed by atoms with Gasteiger partial charge in [0.15, 0.2) is 0 Å². The molecule has 1 N–H and O–H groups in total. The summed E-state index contributed by atoms with van der Waals surface area (Å²) < 4.78 is 0. The average Bonchev–Trinajstić information content (AvgIpc) is 2.37. The van der Waals surface area contributed by atoms with Gasteiger partial charge in [-0.25, -0.2) is 0 Å². The largest absolute Gasteiger partial charge is 0.340 e.